The molecule has 1 aliphatic heterocycles. The largest absolute Gasteiger partial charge is 0.336 e. The molecule has 1 saturated heterocycles. The topological polar surface area (TPSA) is 56.0 Å². The van der Waals surface area contributed by atoms with Crippen LogP contribution in [-0.4, -0.2) is 43.5 Å². The molecule has 0 spiro atoms. The number of amides is 1. The molecule has 1 fully saturated rings. The van der Waals surface area contributed by atoms with Gasteiger partial charge in [-0.1, -0.05) is 6.92 Å². The number of aryl methyl sites for hydroxylation is 2. The monoisotopic (exact) mass is 287 g/mol. The predicted molar refractivity (Wildman–Crippen MR) is 78.9 cm³/mol. The Morgan fingerprint density at radius 3 is 2.71 bits per heavy atom. The number of carbonyl (C=O) groups excluding carboxylic acids is 1. The highest BCUT2D eigenvalue weighted by atomic mass is 16.2. The molecule has 3 heterocycles. The first kappa shape index (κ1) is 13.9. The van der Waals surface area contributed by atoms with Gasteiger partial charge >= 0.3 is 0 Å². The van der Waals surface area contributed by atoms with E-state index in [0.717, 1.165) is 30.9 Å². The van der Waals surface area contributed by atoms with Crippen molar-refractivity contribution < 1.29 is 4.79 Å². The van der Waals surface area contributed by atoms with Gasteiger partial charge in [-0.3, -0.25) is 14.2 Å². The fourth-order valence-electron chi connectivity index (χ4n) is 2.96. The van der Waals surface area contributed by atoms with Crippen LogP contribution in [0.2, 0.25) is 0 Å². The number of hydrogen-bond acceptors (Lipinski definition) is 3. The van der Waals surface area contributed by atoms with Crippen LogP contribution >= 0.6 is 0 Å². The minimum Gasteiger partial charge on any atom is -0.336 e. The van der Waals surface area contributed by atoms with E-state index in [9.17, 15) is 4.79 Å². The number of rotatable bonds is 4. The van der Waals surface area contributed by atoms with E-state index in [4.69, 9.17) is 0 Å². The molecule has 1 aliphatic rings. The molecule has 0 aromatic carbocycles. The molecule has 1 atom stereocenters. The molecule has 112 valence electrons. The first-order valence-corrected chi connectivity index (χ1v) is 7.40. The van der Waals surface area contributed by atoms with Gasteiger partial charge in [0.2, 0.25) is 5.91 Å². The quantitative estimate of drug-likeness (QED) is 0.860. The van der Waals surface area contributed by atoms with E-state index in [-0.39, 0.29) is 11.9 Å². The van der Waals surface area contributed by atoms with Crippen LogP contribution < -0.4 is 0 Å². The maximum Gasteiger partial charge on any atom is 0.247 e. The van der Waals surface area contributed by atoms with Gasteiger partial charge < -0.3 is 4.90 Å². The SMILES string of the molecule is CCC(C(=O)N1CC(n2nc(C)cc2C)C1)n1cccn1. The zero-order valence-electron chi connectivity index (χ0n) is 12.7. The molecule has 0 N–H and O–H groups in total. The molecule has 0 aliphatic carbocycles. The molecule has 3 rings (SSSR count). The first-order valence-electron chi connectivity index (χ1n) is 7.40. The van der Waals surface area contributed by atoms with Gasteiger partial charge in [-0.25, -0.2) is 0 Å². The Labute approximate surface area is 124 Å². The maximum absolute atomic E-state index is 12.6. The van der Waals surface area contributed by atoms with Gasteiger partial charge in [0.05, 0.1) is 11.7 Å². The fraction of sp³-hybridized carbons (Fsp3) is 0.533. The van der Waals surface area contributed by atoms with Gasteiger partial charge in [0.15, 0.2) is 0 Å². The average molecular weight is 287 g/mol. The highest BCUT2D eigenvalue weighted by Crippen LogP contribution is 2.26. The lowest BCUT2D eigenvalue weighted by molar-refractivity contribution is -0.141. The third-order valence-corrected chi connectivity index (χ3v) is 4.08. The molecule has 6 heteroatoms. The van der Waals surface area contributed by atoms with Crippen LogP contribution in [0.1, 0.15) is 36.8 Å². The van der Waals surface area contributed by atoms with E-state index >= 15 is 0 Å². The lowest BCUT2D eigenvalue weighted by Gasteiger charge is -2.41. The Hall–Kier alpha value is -2.11. The average Bonchev–Trinajstić information content (AvgIpc) is 3.00. The van der Waals surface area contributed by atoms with Gasteiger partial charge in [0, 0.05) is 31.2 Å². The maximum atomic E-state index is 12.6. The molecule has 0 radical (unpaired) electrons. The second-order valence-corrected chi connectivity index (χ2v) is 5.68. The summed E-state index contributed by atoms with van der Waals surface area (Å²) in [6, 6.07) is 4.03. The minimum atomic E-state index is -0.193. The van der Waals surface area contributed by atoms with Gasteiger partial charge in [-0.2, -0.15) is 10.2 Å². The first-order chi connectivity index (χ1) is 10.1. The summed E-state index contributed by atoms with van der Waals surface area (Å²) < 4.78 is 3.78. The zero-order valence-corrected chi connectivity index (χ0v) is 12.7. The second kappa shape index (κ2) is 5.35. The summed E-state index contributed by atoms with van der Waals surface area (Å²) in [6.45, 7) is 7.54. The molecule has 0 saturated carbocycles. The van der Waals surface area contributed by atoms with E-state index in [1.54, 1.807) is 10.9 Å². The van der Waals surface area contributed by atoms with Crippen molar-refractivity contribution in [2.75, 3.05) is 13.1 Å². The molecule has 21 heavy (non-hydrogen) atoms. The third kappa shape index (κ3) is 2.46. The van der Waals surface area contributed by atoms with Crippen LogP contribution in [0.4, 0.5) is 0 Å². The van der Waals surface area contributed by atoms with Crippen LogP contribution in [-0.2, 0) is 4.79 Å². The Kier molecular flexibility index (Phi) is 3.53. The lowest BCUT2D eigenvalue weighted by Crippen LogP contribution is -2.53. The Morgan fingerprint density at radius 1 is 1.43 bits per heavy atom. The Morgan fingerprint density at radius 2 is 2.19 bits per heavy atom. The van der Waals surface area contributed by atoms with Crippen LogP contribution in [0.5, 0.6) is 0 Å². The summed E-state index contributed by atoms with van der Waals surface area (Å²) in [7, 11) is 0. The van der Waals surface area contributed by atoms with E-state index in [1.807, 2.05) is 35.7 Å². The van der Waals surface area contributed by atoms with E-state index in [2.05, 4.69) is 23.2 Å². The number of carbonyl (C=O) groups is 1. The summed E-state index contributed by atoms with van der Waals surface area (Å²) in [5, 5.41) is 8.70. The van der Waals surface area contributed by atoms with Gasteiger partial charge in [0.25, 0.3) is 0 Å². The summed E-state index contributed by atoms with van der Waals surface area (Å²) in [6.07, 6.45) is 4.32. The number of aromatic nitrogens is 4. The van der Waals surface area contributed by atoms with Crippen molar-refractivity contribution in [3.8, 4) is 0 Å². The molecule has 1 unspecified atom stereocenters. The van der Waals surface area contributed by atoms with Crippen molar-refractivity contribution in [3.63, 3.8) is 0 Å². The van der Waals surface area contributed by atoms with Crippen molar-refractivity contribution in [3.05, 3.63) is 35.9 Å². The van der Waals surface area contributed by atoms with Crippen molar-refractivity contribution in [1.82, 2.24) is 24.5 Å². The van der Waals surface area contributed by atoms with Gasteiger partial charge in [-0.15, -0.1) is 0 Å². The van der Waals surface area contributed by atoms with Crippen molar-refractivity contribution in [2.45, 2.75) is 39.3 Å². The summed E-state index contributed by atoms with van der Waals surface area (Å²) in [4.78, 5) is 14.5. The second-order valence-electron chi connectivity index (χ2n) is 5.68. The molecule has 6 nitrogen and oxygen atoms in total. The standard InChI is InChI=1S/C15H21N5O/c1-4-14(19-7-5-6-16-19)15(21)18-9-13(10-18)20-12(3)8-11(2)17-20/h5-8,13-14H,4,9-10H2,1-3H3. The smallest absolute Gasteiger partial charge is 0.247 e. The van der Waals surface area contributed by atoms with Crippen molar-refractivity contribution >= 4 is 5.91 Å². The van der Waals surface area contributed by atoms with E-state index in [0.29, 0.717) is 6.04 Å². The molecular weight excluding hydrogens is 266 g/mol. The van der Waals surface area contributed by atoms with E-state index in [1.165, 1.54) is 0 Å². The van der Waals surface area contributed by atoms with Crippen LogP contribution in [0.15, 0.2) is 24.5 Å². The third-order valence-electron chi connectivity index (χ3n) is 4.08. The highest BCUT2D eigenvalue weighted by Gasteiger charge is 2.36. The van der Waals surface area contributed by atoms with Crippen molar-refractivity contribution in [1.29, 1.82) is 0 Å². The zero-order chi connectivity index (χ0) is 15.0. The Balaban J connectivity index is 1.65. The summed E-state index contributed by atoms with van der Waals surface area (Å²) in [5.41, 5.74) is 2.18. The minimum absolute atomic E-state index is 0.152. The van der Waals surface area contributed by atoms with Gasteiger partial charge in [-0.05, 0) is 32.4 Å². The molecule has 2 aromatic heterocycles. The number of likely N-dealkylation sites (tertiary alicyclic amines) is 1. The normalized spacial score (nSPS) is 16.8. The highest BCUT2D eigenvalue weighted by molar-refractivity contribution is 5.81. The van der Waals surface area contributed by atoms with Crippen molar-refractivity contribution in [2.24, 2.45) is 0 Å². The van der Waals surface area contributed by atoms with Crippen LogP contribution in [0.3, 0.4) is 0 Å². The van der Waals surface area contributed by atoms with Crippen LogP contribution in [0.25, 0.3) is 0 Å². The molecular formula is C15H21N5O. The van der Waals surface area contributed by atoms with Gasteiger partial charge in [0.1, 0.15) is 6.04 Å². The Bertz CT molecular complexity index is 625. The number of hydrogen-bond donors (Lipinski definition) is 0. The van der Waals surface area contributed by atoms with E-state index < -0.39 is 0 Å². The van der Waals surface area contributed by atoms with Crippen LogP contribution in [0, 0.1) is 13.8 Å². The number of nitrogens with zero attached hydrogens (tertiary/aromatic N) is 5. The molecule has 2 aromatic rings. The molecule has 1 amide bonds. The predicted octanol–water partition coefficient (Wildman–Crippen LogP) is 1.73. The lowest BCUT2D eigenvalue weighted by atomic mass is 10.1. The molecule has 0 bridgehead atoms. The summed E-state index contributed by atoms with van der Waals surface area (Å²) in [5.74, 6) is 0.152. The fourth-order valence-corrected chi connectivity index (χ4v) is 2.96. The summed E-state index contributed by atoms with van der Waals surface area (Å²) >= 11 is 0.